The zero-order valence-electron chi connectivity index (χ0n) is 17.4. The van der Waals surface area contributed by atoms with E-state index in [1.54, 1.807) is 18.2 Å². The van der Waals surface area contributed by atoms with Crippen LogP contribution in [0.15, 0.2) is 29.3 Å². The Balaban J connectivity index is 0.00000729. The molecule has 0 aromatic heterocycles. The zero-order chi connectivity index (χ0) is 20.1. The Morgan fingerprint density at radius 1 is 1.18 bits per heavy atom. The number of nitrogens with one attached hydrogen (secondary N) is 2. The van der Waals surface area contributed by atoms with Crippen LogP contribution in [0.1, 0.15) is 46.1 Å². The molecule has 0 amide bonds. The van der Waals surface area contributed by atoms with E-state index < -0.39 is 6.61 Å². The number of rotatable bonds is 12. The molecule has 0 fully saturated rings. The molecule has 0 aliphatic heterocycles. The summed E-state index contributed by atoms with van der Waals surface area (Å²) in [6, 6.07) is 7.02. The van der Waals surface area contributed by atoms with Gasteiger partial charge in [0.1, 0.15) is 5.75 Å². The van der Waals surface area contributed by atoms with Gasteiger partial charge in [-0.3, -0.25) is 0 Å². The maximum Gasteiger partial charge on any atom is 0.387 e. The number of hydrogen-bond donors (Lipinski definition) is 2. The second-order valence-corrected chi connectivity index (χ2v) is 6.40. The Bertz CT molecular complexity index is 557. The van der Waals surface area contributed by atoms with Crippen molar-refractivity contribution in [2.45, 2.75) is 59.7 Å². The Kier molecular flexibility index (Phi) is 15.1. The van der Waals surface area contributed by atoms with E-state index >= 15 is 0 Å². The molecule has 8 heteroatoms. The minimum atomic E-state index is -2.84. The van der Waals surface area contributed by atoms with Crippen molar-refractivity contribution in [2.75, 3.05) is 26.2 Å². The number of para-hydroxylation sites is 1. The van der Waals surface area contributed by atoms with Crippen LogP contribution in [0.5, 0.6) is 5.75 Å². The van der Waals surface area contributed by atoms with Gasteiger partial charge in [0, 0.05) is 18.2 Å². The fourth-order valence-corrected chi connectivity index (χ4v) is 2.80. The van der Waals surface area contributed by atoms with Gasteiger partial charge in [0.2, 0.25) is 0 Å². The maximum atomic E-state index is 12.5. The lowest BCUT2D eigenvalue weighted by Gasteiger charge is -2.21. The Morgan fingerprint density at radius 3 is 2.46 bits per heavy atom. The lowest BCUT2D eigenvalue weighted by Crippen LogP contribution is -2.42. The van der Waals surface area contributed by atoms with E-state index in [4.69, 9.17) is 0 Å². The van der Waals surface area contributed by atoms with E-state index in [1.807, 2.05) is 6.92 Å². The SMILES string of the molecule is CCNC(=NCc1ccccc1OC(F)F)NC(C)CCCN(CC)CC.I. The average molecular weight is 512 g/mol. The molecule has 0 bridgehead atoms. The van der Waals surface area contributed by atoms with Crippen LogP contribution in [0.3, 0.4) is 0 Å². The summed E-state index contributed by atoms with van der Waals surface area (Å²) < 4.78 is 29.6. The van der Waals surface area contributed by atoms with Gasteiger partial charge in [-0.15, -0.1) is 24.0 Å². The molecule has 0 saturated heterocycles. The second kappa shape index (κ2) is 15.7. The standard InChI is InChI=1S/C20H34F2N4O.HI/c1-5-23-20(25-16(4)11-10-14-26(6-2)7-3)24-15-17-12-8-9-13-18(17)27-19(21)22;/h8-9,12-13,16,19H,5-7,10-11,14-15H2,1-4H3,(H2,23,24,25);1H. The molecule has 0 saturated carbocycles. The van der Waals surface area contributed by atoms with Crippen LogP contribution < -0.4 is 15.4 Å². The van der Waals surface area contributed by atoms with Crippen molar-refractivity contribution in [3.05, 3.63) is 29.8 Å². The first kappa shape index (κ1) is 26.8. The molecule has 0 radical (unpaired) electrons. The summed E-state index contributed by atoms with van der Waals surface area (Å²) in [5, 5.41) is 6.59. The highest BCUT2D eigenvalue weighted by Crippen LogP contribution is 2.20. The molecular weight excluding hydrogens is 477 g/mol. The highest BCUT2D eigenvalue weighted by Gasteiger charge is 2.10. The number of halogens is 3. The van der Waals surface area contributed by atoms with Gasteiger partial charge in [0.15, 0.2) is 5.96 Å². The van der Waals surface area contributed by atoms with Gasteiger partial charge in [-0.1, -0.05) is 32.0 Å². The maximum absolute atomic E-state index is 12.5. The minimum absolute atomic E-state index is 0. The summed E-state index contributed by atoms with van der Waals surface area (Å²) in [6.45, 7) is 9.87. The molecule has 28 heavy (non-hydrogen) atoms. The Hall–Kier alpha value is -1.16. The average Bonchev–Trinajstić information content (AvgIpc) is 2.64. The normalized spacial score (nSPS) is 12.6. The summed E-state index contributed by atoms with van der Waals surface area (Å²) in [7, 11) is 0. The van der Waals surface area contributed by atoms with Gasteiger partial charge in [0.05, 0.1) is 6.54 Å². The number of guanidine groups is 1. The third kappa shape index (κ3) is 11.0. The first-order chi connectivity index (χ1) is 13.0. The summed E-state index contributed by atoms with van der Waals surface area (Å²) >= 11 is 0. The molecule has 0 spiro atoms. The highest BCUT2D eigenvalue weighted by atomic mass is 127. The van der Waals surface area contributed by atoms with E-state index in [1.165, 1.54) is 6.07 Å². The van der Waals surface area contributed by atoms with Crippen molar-refractivity contribution in [3.8, 4) is 5.75 Å². The fraction of sp³-hybridized carbons (Fsp3) is 0.650. The fourth-order valence-electron chi connectivity index (χ4n) is 2.80. The van der Waals surface area contributed by atoms with Crippen LogP contribution >= 0.6 is 24.0 Å². The zero-order valence-corrected chi connectivity index (χ0v) is 19.7. The molecule has 1 rings (SSSR count). The predicted octanol–water partition coefficient (Wildman–Crippen LogP) is 4.47. The smallest absolute Gasteiger partial charge is 0.387 e. The molecule has 0 aliphatic carbocycles. The van der Waals surface area contributed by atoms with Gasteiger partial charge < -0.3 is 20.3 Å². The molecule has 5 nitrogen and oxygen atoms in total. The van der Waals surface area contributed by atoms with Crippen LogP contribution in [-0.4, -0.2) is 49.7 Å². The van der Waals surface area contributed by atoms with Crippen molar-refractivity contribution >= 4 is 29.9 Å². The topological polar surface area (TPSA) is 48.9 Å². The van der Waals surface area contributed by atoms with Gasteiger partial charge >= 0.3 is 6.61 Å². The van der Waals surface area contributed by atoms with E-state index in [0.29, 0.717) is 11.5 Å². The lowest BCUT2D eigenvalue weighted by atomic mass is 10.2. The van der Waals surface area contributed by atoms with Crippen molar-refractivity contribution in [1.29, 1.82) is 0 Å². The van der Waals surface area contributed by atoms with Crippen molar-refractivity contribution in [3.63, 3.8) is 0 Å². The minimum Gasteiger partial charge on any atom is -0.434 e. The number of aliphatic imine (C=N–C) groups is 1. The van der Waals surface area contributed by atoms with Gasteiger partial charge in [-0.25, -0.2) is 4.99 Å². The van der Waals surface area contributed by atoms with Crippen molar-refractivity contribution < 1.29 is 13.5 Å². The number of alkyl halides is 2. The van der Waals surface area contributed by atoms with Crippen molar-refractivity contribution in [2.24, 2.45) is 4.99 Å². The van der Waals surface area contributed by atoms with Crippen LogP contribution in [0.4, 0.5) is 8.78 Å². The molecule has 162 valence electrons. The Morgan fingerprint density at radius 2 is 1.86 bits per heavy atom. The molecule has 1 atom stereocenters. The molecule has 1 aromatic carbocycles. The van der Waals surface area contributed by atoms with Crippen LogP contribution in [0.25, 0.3) is 0 Å². The molecule has 2 N–H and O–H groups in total. The molecule has 0 heterocycles. The molecule has 1 unspecified atom stereocenters. The monoisotopic (exact) mass is 512 g/mol. The summed E-state index contributed by atoms with van der Waals surface area (Å²) in [6.07, 6.45) is 2.15. The number of hydrogen-bond acceptors (Lipinski definition) is 3. The van der Waals surface area contributed by atoms with Crippen LogP contribution in [-0.2, 0) is 6.54 Å². The quantitative estimate of drug-likeness (QED) is 0.247. The van der Waals surface area contributed by atoms with E-state index in [0.717, 1.165) is 39.0 Å². The largest absolute Gasteiger partial charge is 0.434 e. The summed E-state index contributed by atoms with van der Waals surface area (Å²) in [5.74, 6) is 0.846. The van der Waals surface area contributed by atoms with E-state index in [-0.39, 0.29) is 42.3 Å². The van der Waals surface area contributed by atoms with E-state index in [2.05, 4.69) is 46.0 Å². The summed E-state index contributed by atoms with van der Waals surface area (Å²) in [4.78, 5) is 6.93. The van der Waals surface area contributed by atoms with Crippen molar-refractivity contribution in [1.82, 2.24) is 15.5 Å². The molecule has 1 aromatic rings. The highest BCUT2D eigenvalue weighted by molar-refractivity contribution is 14.0. The molecular formula is C20H35F2IN4O. The third-order valence-corrected chi connectivity index (χ3v) is 4.33. The summed E-state index contributed by atoms with van der Waals surface area (Å²) in [5.41, 5.74) is 0.629. The lowest BCUT2D eigenvalue weighted by molar-refractivity contribution is -0.0504. The number of benzene rings is 1. The third-order valence-electron chi connectivity index (χ3n) is 4.33. The number of nitrogens with zero attached hydrogens (tertiary/aromatic N) is 2. The predicted molar refractivity (Wildman–Crippen MR) is 123 cm³/mol. The first-order valence-electron chi connectivity index (χ1n) is 9.79. The Labute approximate surface area is 185 Å². The van der Waals surface area contributed by atoms with E-state index in [9.17, 15) is 8.78 Å². The number of ether oxygens (including phenoxy) is 1. The van der Waals surface area contributed by atoms with Gasteiger partial charge in [-0.05, 0) is 52.4 Å². The first-order valence-corrected chi connectivity index (χ1v) is 9.79. The molecule has 0 aliphatic rings. The van der Waals surface area contributed by atoms with Gasteiger partial charge in [0.25, 0.3) is 0 Å². The van der Waals surface area contributed by atoms with Crippen LogP contribution in [0, 0.1) is 0 Å². The van der Waals surface area contributed by atoms with Crippen LogP contribution in [0.2, 0.25) is 0 Å². The van der Waals surface area contributed by atoms with Gasteiger partial charge in [-0.2, -0.15) is 8.78 Å². The second-order valence-electron chi connectivity index (χ2n) is 6.40.